The predicted molar refractivity (Wildman–Crippen MR) is 88.3 cm³/mol. The van der Waals surface area contributed by atoms with Gasteiger partial charge in [0.25, 0.3) is 5.91 Å². The summed E-state index contributed by atoms with van der Waals surface area (Å²) < 4.78 is 7.42. The molecule has 24 heavy (non-hydrogen) atoms. The lowest BCUT2D eigenvalue weighted by molar-refractivity contribution is 0.0669. The van der Waals surface area contributed by atoms with Gasteiger partial charge in [0.15, 0.2) is 11.5 Å². The summed E-state index contributed by atoms with van der Waals surface area (Å²) in [4.78, 5) is 18.7. The van der Waals surface area contributed by atoms with Gasteiger partial charge in [-0.05, 0) is 12.8 Å². The molecule has 3 heterocycles. The number of carbonyl (C=O) groups is 1. The van der Waals surface area contributed by atoms with Crippen molar-refractivity contribution >= 4 is 5.91 Å². The van der Waals surface area contributed by atoms with Gasteiger partial charge in [-0.2, -0.15) is 0 Å². The van der Waals surface area contributed by atoms with E-state index in [1.54, 1.807) is 12.3 Å². The van der Waals surface area contributed by atoms with Gasteiger partial charge >= 0.3 is 0 Å². The summed E-state index contributed by atoms with van der Waals surface area (Å²) in [5, 5.41) is 3.97. The maximum Gasteiger partial charge on any atom is 0.276 e. The Morgan fingerprint density at radius 2 is 2.12 bits per heavy atom. The Hall–Kier alpha value is -2.89. The SMILES string of the molecule is O=C(c1cc(-c2ccccc2)on1)N1CCCC(n2ccnc2)C1. The second-order valence-electron chi connectivity index (χ2n) is 6.00. The van der Waals surface area contributed by atoms with Crippen LogP contribution in [0.5, 0.6) is 0 Å². The van der Waals surface area contributed by atoms with Crippen molar-refractivity contribution in [2.24, 2.45) is 0 Å². The molecule has 1 aliphatic rings. The van der Waals surface area contributed by atoms with E-state index in [9.17, 15) is 4.79 Å². The molecule has 0 radical (unpaired) electrons. The zero-order valence-corrected chi connectivity index (χ0v) is 13.2. The minimum Gasteiger partial charge on any atom is -0.355 e. The molecular formula is C18H18N4O2. The molecule has 0 N–H and O–H groups in total. The largest absolute Gasteiger partial charge is 0.355 e. The summed E-state index contributed by atoms with van der Waals surface area (Å²) in [6.07, 6.45) is 7.54. The summed E-state index contributed by atoms with van der Waals surface area (Å²) in [6, 6.07) is 11.7. The van der Waals surface area contributed by atoms with Crippen LogP contribution in [-0.2, 0) is 0 Å². The van der Waals surface area contributed by atoms with Gasteiger partial charge < -0.3 is 14.0 Å². The highest BCUT2D eigenvalue weighted by Gasteiger charge is 2.27. The molecule has 1 aliphatic heterocycles. The molecule has 122 valence electrons. The lowest BCUT2D eigenvalue weighted by Crippen LogP contribution is -2.40. The normalized spacial score (nSPS) is 17.8. The van der Waals surface area contributed by atoms with Crippen molar-refractivity contribution in [1.29, 1.82) is 0 Å². The second kappa shape index (κ2) is 6.31. The zero-order chi connectivity index (χ0) is 16.4. The first kappa shape index (κ1) is 14.7. The van der Waals surface area contributed by atoms with Gasteiger partial charge in [-0.15, -0.1) is 0 Å². The molecule has 1 unspecified atom stereocenters. The van der Waals surface area contributed by atoms with E-state index in [0.29, 0.717) is 18.0 Å². The number of hydrogen-bond donors (Lipinski definition) is 0. The van der Waals surface area contributed by atoms with Gasteiger partial charge in [-0.25, -0.2) is 4.98 Å². The highest BCUT2D eigenvalue weighted by atomic mass is 16.5. The molecule has 1 fully saturated rings. The van der Waals surface area contributed by atoms with E-state index in [2.05, 4.69) is 14.7 Å². The number of imidazole rings is 1. The van der Waals surface area contributed by atoms with Crippen molar-refractivity contribution in [3.8, 4) is 11.3 Å². The number of aromatic nitrogens is 3. The molecule has 2 aromatic heterocycles. The van der Waals surface area contributed by atoms with E-state index in [4.69, 9.17) is 4.52 Å². The summed E-state index contributed by atoms with van der Waals surface area (Å²) in [5.74, 6) is 0.535. The molecule has 0 bridgehead atoms. The number of carbonyl (C=O) groups excluding carboxylic acids is 1. The molecule has 1 aromatic carbocycles. The number of rotatable bonds is 3. The summed E-state index contributed by atoms with van der Waals surface area (Å²) >= 11 is 0. The Bertz CT molecular complexity index is 811. The minimum absolute atomic E-state index is 0.0780. The predicted octanol–water partition coefficient (Wildman–Crippen LogP) is 3.02. The molecule has 1 saturated heterocycles. The van der Waals surface area contributed by atoms with E-state index >= 15 is 0 Å². The first-order valence-corrected chi connectivity index (χ1v) is 8.10. The van der Waals surface area contributed by atoms with Crippen molar-refractivity contribution in [3.63, 3.8) is 0 Å². The van der Waals surface area contributed by atoms with Crippen LogP contribution in [0.3, 0.4) is 0 Å². The molecule has 6 heteroatoms. The molecule has 0 saturated carbocycles. The fraction of sp³-hybridized carbons (Fsp3) is 0.278. The van der Waals surface area contributed by atoms with E-state index in [-0.39, 0.29) is 11.9 Å². The quantitative estimate of drug-likeness (QED) is 0.743. The van der Waals surface area contributed by atoms with Gasteiger partial charge in [-0.1, -0.05) is 35.5 Å². The smallest absolute Gasteiger partial charge is 0.276 e. The Morgan fingerprint density at radius 3 is 2.92 bits per heavy atom. The average molecular weight is 322 g/mol. The van der Waals surface area contributed by atoms with E-state index < -0.39 is 0 Å². The van der Waals surface area contributed by atoms with Crippen molar-refractivity contribution in [1.82, 2.24) is 19.6 Å². The third-order valence-corrected chi connectivity index (χ3v) is 4.42. The van der Waals surface area contributed by atoms with Gasteiger partial charge in [0.2, 0.25) is 0 Å². The number of piperidine rings is 1. The number of likely N-dealkylation sites (tertiary alicyclic amines) is 1. The Kier molecular flexibility index (Phi) is 3.86. The third kappa shape index (κ3) is 2.82. The third-order valence-electron chi connectivity index (χ3n) is 4.42. The molecule has 6 nitrogen and oxygen atoms in total. The highest BCUT2D eigenvalue weighted by molar-refractivity contribution is 5.93. The fourth-order valence-electron chi connectivity index (χ4n) is 3.14. The van der Waals surface area contributed by atoms with Gasteiger partial charge in [0, 0.05) is 37.1 Å². The van der Waals surface area contributed by atoms with Crippen LogP contribution in [0, 0.1) is 0 Å². The average Bonchev–Trinajstić information content (AvgIpc) is 3.34. The fourth-order valence-corrected chi connectivity index (χ4v) is 3.14. The van der Waals surface area contributed by atoms with Gasteiger partial charge in [-0.3, -0.25) is 4.79 Å². The molecule has 3 aromatic rings. The molecular weight excluding hydrogens is 304 g/mol. The lowest BCUT2D eigenvalue weighted by Gasteiger charge is -2.32. The molecule has 1 atom stereocenters. The Morgan fingerprint density at radius 1 is 1.25 bits per heavy atom. The van der Waals surface area contributed by atoms with E-state index in [0.717, 1.165) is 24.9 Å². The minimum atomic E-state index is -0.0780. The maximum atomic E-state index is 12.7. The first-order chi connectivity index (χ1) is 11.8. The van der Waals surface area contributed by atoms with Crippen LogP contribution in [0.1, 0.15) is 29.4 Å². The molecule has 0 aliphatic carbocycles. The number of benzene rings is 1. The highest BCUT2D eigenvalue weighted by Crippen LogP contribution is 2.24. The number of hydrogen-bond acceptors (Lipinski definition) is 4. The van der Waals surface area contributed by atoms with Crippen LogP contribution in [0.25, 0.3) is 11.3 Å². The van der Waals surface area contributed by atoms with Crippen LogP contribution >= 0.6 is 0 Å². The molecule has 1 amide bonds. The number of nitrogens with zero attached hydrogens (tertiary/aromatic N) is 4. The van der Waals surface area contributed by atoms with Crippen LogP contribution in [0.4, 0.5) is 0 Å². The first-order valence-electron chi connectivity index (χ1n) is 8.10. The maximum absolute atomic E-state index is 12.7. The zero-order valence-electron chi connectivity index (χ0n) is 13.2. The standard InChI is InChI=1S/C18H18N4O2/c23-18(16-11-17(24-20-16)14-5-2-1-3-6-14)21-9-4-7-15(12-21)22-10-8-19-13-22/h1-3,5-6,8,10-11,13,15H,4,7,9,12H2. The van der Waals surface area contributed by atoms with Crippen molar-refractivity contribution in [3.05, 3.63) is 60.8 Å². The van der Waals surface area contributed by atoms with Crippen LogP contribution < -0.4 is 0 Å². The van der Waals surface area contributed by atoms with Crippen molar-refractivity contribution < 1.29 is 9.32 Å². The van der Waals surface area contributed by atoms with Crippen LogP contribution in [-0.4, -0.2) is 38.6 Å². The number of amides is 1. The van der Waals surface area contributed by atoms with Crippen LogP contribution in [0.15, 0.2) is 59.6 Å². The Labute approximate surface area is 139 Å². The van der Waals surface area contributed by atoms with Crippen LogP contribution in [0.2, 0.25) is 0 Å². The lowest BCUT2D eigenvalue weighted by atomic mass is 10.1. The summed E-state index contributed by atoms with van der Waals surface area (Å²) in [6.45, 7) is 1.42. The Balaban J connectivity index is 1.50. The summed E-state index contributed by atoms with van der Waals surface area (Å²) in [7, 11) is 0. The molecule has 4 rings (SSSR count). The van der Waals surface area contributed by atoms with Gasteiger partial charge in [0.05, 0.1) is 12.4 Å². The monoisotopic (exact) mass is 322 g/mol. The van der Waals surface area contributed by atoms with E-state index in [1.807, 2.05) is 47.8 Å². The topological polar surface area (TPSA) is 64.2 Å². The summed E-state index contributed by atoms with van der Waals surface area (Å²) in [5.41, 5.74) is 1.28. The van der Waals surface area contributed by atoms with Crippen molar-refractivity contribution in [2.75, 3.05) is 13.1 Å². The second-order valence-corrected chi connectivity index (χ2v) is 6.00. The van der Waals surface area contributed by atoms with E-state index in [1.165, 1.54) is 0 Å². The van der Waals surface area contributed by atoms with Crippen molar-refractivity contribution in [2.45, 2.75) is 18.9 Å². The van der Waals surface area contributed by atoms with Gasteiger partial charge in [0.1, 0.15) is 0 Å². The molecule has 0 spiro atoms.